The molecule has 0 amide bonds. The molecule has 0 saturated carbocycles. The van der Waals surface area contributed by atoms with Crippen LogP contribution in [-0.4, -0.2) is 45.1 Å². The Kier molecular flexibility index (Phi) is 3.02. The van der Waals surface area contributed by atoms with Crippen molar-refractivity contribution in [3.05, 3.63) is 11.9 Å². The number of piperazine rings is 1. The van der Waals surface area contributed by atoms with Crippen LogP contribution in [0.25, 0.3) is 0 Å². The summed E-state index contributed by atoms with van der Waals surface area (Å²) in [4.78, 5) is 2.45. The molecule has 2 rings (SSSR count). The van der Waals surface area contributed by atoms with Crippen molar-refractivity contribution >= 4 is 0 Å². The summed E-state index contributed by atoms with van der Waals surface area (Å²) in [6.07, 6.45) is 1.84. The van der Waals surface area contributed by atoms with Crippen LogP contribution in [0.2, 0.25) is 0 Å². The fourth-order valence-corrected chi connectivity index (χ4v) is 2.25. The first-order chi connectivity index (χ1) is 7.15. The molecule has 0 radical (unpaired) electrons. The van der Waals surface area contributed by atoms with Crippen molar-refractivity contribution in [3.8, 4) is 0 Å². The number of rotatable bonds is 2. The molecule has 0 aliphatic carbocycles. The molecule has 0 aromatic carbocycles. The predicted molar refractivity (Wildman–Crippen MR) is 58.3 cm³/mol. The third-order valence-electron chi connectivity index (χ3n) is 2.83. The highest BCUT2D eigenvalue weighted by Crippen LogP contribution is 2.08. The van der Waals surface area contributed by atoms with Crippen LogP contribution < -0.4 is 5.32 Å². The first-order valence-electron chi connectivity index (χ1n) is 5.47. The van der Waals surface area contributed by atoms with Crippen molar-refractivity contribution in [2.45, 2.75) is 32.5 Å². The molecule has 2 heterocycles. The van der Waals surface area contributed by atoms with Gasteiger partial charge in [0.2, 0.25) is 0 Å². The molecule has 2 atom stereocenters. The molecule has 1 aliphatic rings. The van der Waals surface area contributed by atoms with Gasteiger partial charge in [0, 0.05) is 38.8 Å². The number of hydrogen-bond acceptors (Lipinski definition) is 4. The van der Waals surface area contributed by atoms with Crippen molar-refractivity contribution in [2.75, 3.05) is 13.1 Å². The van der Waals surface area contributed by atoms with Crippen molar-refractivity contribution in [2.24, 2.45) is 7.05 Å². The Bertz CT molecular complexity index is 311. The summed E-state index contributed by atoms with van der Waals surface area (Å²) < 4.78 is 1.84. The SMILES string of the molecule is CC1CN(Cc2cnnn2C)CC(C)N1. The number of aryl methyl sites for hydroxylation is 1. The van der Waals surface area contributed by atoms with E-state index in [4.69, 9.17) is 0 Å². The summed E-state index contributed by atoms with van der Waals surface area (Å²) in [6.45, 7) is 7.58. The Morgan fingerprint density at radius 3 is 2.60 bits per heavy atom. The number of aromatic nitrogens is 3. The number of nitrogens with one attached hydrogen (secondary N) is 1. The lowest BCUT2D eigenvalue weighted by molar-refractivity contribution is 0.163. The van der Waals surface area contributed by atoms with Gasteiger partial charge in [-0.05, 0) is 13.8 Å². The zero-order valence-corrected chi connectivity index (χ0v) is 9.64. The van der Waals surface area contributed by atoms with Crippen LogP contribution in [0.4, 0.5) is 0 Å². The van der Waals surface area contributed by atoms with Gasteiger partial charge in [-0.1, -0.05) is 5.21 Å². The first-order valence-corrected chi connectivity index (χ1v) is 5.47. The van der Waals surface area contributed by atoms with E-state index in [-0.39, 0.29) is 0 Å². The van der Waals surface area contributed by atoms with Crippen LogP contribution in [0.3, 0.4) is 0 Å². The average molecular weight is 209 g/mol. The molecule has 1 N–H and O–H groups in total. The second-order valence-electron chi connectivity index (χ2n) is 4.51. The Balaban J connectivity index is 1.97. The maximum Gasteiger partial charge on any atom is 0.0738 e. The molecule has 84 valence electrons. The Labute approximate surface area is 90.5 Å². The third kappa shape index (κ3) is 2.54. The Morgan fingerprint density at radius 1 is 1.40 bits per heavy atom. The molecule has 1 aliphatic heterocycles. The lowest BCUT2D eigenvalue weighted by Gasteiger charge is -2.35. The monoisotopic (exact) mass is 209 g/mol. The van der Waals surface area contributed by atoms with E-state index in [9.17, 15) is 0 Å². The number of nitrogens with zero attached hydrogens (tertiary/aromatic N) is 4. The van der Waals surface area contributed by atoms with Crippen LogP contribution in [0.15, 0.2) is 6.20 Å². The van der Waals surface area contributed by atoms with Crippen molar-refractivity contribution in [1.29, 1.82) is 0 Å². The minimum atomic E-state index is 0.565. The van der Waals surface area contributed by atoms with E-state index < -0.39 is 0 Å². The van der Waals surface area contributed by atoms with Crippen LogP contribution in [0.5, 0.6) is 0 Å². The molecule has 0 spiro atoms. The molecule has 1 aromatic heterocycles. The number of hydrogen-bond donors (Lipinski definition) is 1. The molecule has 2 unspecified atom stereocenters. The van der Waals surface area contributed by atoms with Crippen LogP contribution >= 0.6 is 0 Å². The summed E-state index contributed by atoms with van der Waals surface area (Å²) in [6, 6.07) is 1.13. The van der Waals surface area contributed by atoms with E-state index >= 15 is 0 Å². The molecule has 1 fully saturated rings. The minimum Gasteiger partial charge on any atom is -0.309 e. The third-order valence-corrected chi connectivity index (χ3v) is 2.83. The van der Waals surface area contributed by atoms with E-state index in [0.717, 1.165) is 19.6 Å². The van der Waals surface area contributed by atoms with Crippen molar-refractivity contribution < 1.29 is 0 Å². The van der Waals surface area contributed by atoms with Gasteiger partial charge in [-0.2, -0.15) is 0 Å². The topological polar surface area (TPSA) is 46.0 Å². The zero-order chi connectivity index (χ0) is 10.8. The molecular formula is C10H19N5. The second kappa shape index (κ2) is 4.28. The van der Waals surface area contributed by atoms with Gasteiger partial charge in [-0.3, -0.25) is 9.58 Å². The van der Waals surface area contributed by atoms with Gasteiger partial charge in [0.05, 0.1) is 11.9 Å². The quantitative estimate of drug-likeness (QED) is 0.744. The summed E-state index contributed by atoms with van der Waals surface area (Å²) in [7, 11) is 1.94. The molecule has 1 saturated heterocycles. The van der Waals surface area contributed by atoms with Gasteiger partial charge in [-0.25, -0.2) is 0 Å². The van der Waals surface area contributed by atoms with Crippen LogP contribution in [0, 0.1) is 0 Å². The fourth-order valence-electron chi connectivity index (χ4n) is 2.25. The highest BCUT2D eigenvalue weighted by molar-refractivity contribution is 4.94. The van der Waals surface area contributed by atoms with Gasteiger partial charge in [0.25, 0.3) is 0 Å². The standard InChI is InChI=1S/C10H19N5/c1-8-5-15(6-9(2)12-8)7-10-4-11-13-14(10)3/h4,8-9,12H,5-7H2,1-3H3. The highest BCUT2D eigenvalue weighted by atomic mass is 15.4. The van der Waals surface area contributed by atoms with Crippen molar-refractivity contribution in [1.82, 2.24) is 25.2 Å². The van der Waals surface area contributed by atoms with Gasteiger partial charge < -0.3 is 5.32 Å². The summed E-state index contributed by atoms with van der Waals surface area (Å²) in [5, 5.41) is 11.4. The second-order valence-corrected chi connectivity index (χ2v) is 4.51. The van der Waals surface area contributed by atoms with Crippen LogP contribution in [-0.2, 0) is 13.6 Å². The van der Waals surface area contributed by atoms with E-state index in [2.05, 4.69) is 34.4 Å². The van der Waals surface area contributed by atoms with Crippen LogP contribution in [0.1, 0.15) is 19.5 Å². The van der Waals surface area contributed by atoms with E-state index in [0.29, 0.717) is 12.1 Å². The normalized spacial score (nSPS) is 28.2. The maximum atomic E-state index is 3.94. The van der Waals surface area contributed by atoms with Crippen molar-refractivity contribution in [3.63, 3.8) is 0 Å². The van der Waals surface area contributed by atoms with Gasteiger partial charge in [0.1, 0.15) is 0 Å². The zero-order valence-electron chi connectivity index (χ0n) is 9.64. The smallest absolute Gasteiger partial charge is 0.0738 e. The lowest BCUT2D eigenvalue weighted by Crippen LogP contribution is -2.53. The summed E-state index contributed by atoms with van der Waals surface area (Å²) >= 11 is 0. The predicted octanol–water partition coefficient (Wildman–Crippen LogP) is -0.00270. The minimum absolute atomic E-state index is 0.565. The highest BCUT2D eigenvalue weighted by Gasteiger charge is 2.21. The maximum absolute atomic E-state index is 3.94. The van der Waals surface area contributed by atoms with Gasteiger partial charge >= 0.3 is 0 Å². The summed E-state index contributed by atoms with van der Waals surface area (Å²) in [5.41, 5.74) is 1.18. The molecule has 5 heteroatoms. The van der Waals surface area contributed by atoms with E-state index in [1.54, 1.807) is 0 Å². The van der Waals surface area contributed by atoms with Gasteiger partial charge in [0.15, 0.2) is 0 Å². The average Bonchev–Trinajstić information content (AvgIpc) is 2.50. The largest absolute Gasteiger partial charge is 0.309 e. The van der Waals surface area contributed by atoms with E-state index in [1.807, 2.05) is 17.9 Å². The molecule has 15 heavy (non-hydrogen) atoms. The molecule has 1 aromatic rings. The lowest BCUT2D eigenvalue weighted by atomic mass is 10.1. The summed E-state index contributed by atoms with van der Waals surface area (Å²) in [5.74, 6) is 0. The Hall–Kier alpha value is -0.940. The molecule has 0 bridgehead atoms. The molecule has 5 nitrogen and oxygen atoms in total. The Morgan fingerprint density at radius 2 is 2.07 bits per heavy atom. The molecular weight excluding hydrogens is 190 g/mol. The van der Waals surface area contributed by atoms with E-state index in [1.165, 1.54) is 5.69 Å². The van der Waals surface area contributed by atoms with Gasteiger partial charge in [-0.15, -0.1) is 5.10 Å². The fraction of sp³-hybridized carbons (Fsp3) is 0.800. The first kappa shape index (κ1) is 10.6.